The maximum atomic E-state index is 4.33. The Kier molecular flexibility index (Phi) is 5.88. The number of likely N-dealkylation sites (tertiary alicyclic amines) is 1. The lowest BCUT2D eigenvalue weighted by molar-refractivity contribution is 0.264. The van der Waals surface area contributed by atoms with E-state index in [0.717, 1.165) is 11.7 Å². The van der Waals surface area contributed by atoms with Gasteiger partial charge in [0.05, 0.1) is 0 Å². The van der Waals surface area contributed by atoms with Crippen molar-refractivity contribution in [1.82, 2.24) is 4.90 Å². The Morgan fingerprint density at radius 3 is 2.46 bits per heavy atom. The van der Waals surface area contributed by atoms with E-state index in [1.54, 1.807) is 0 Å². The second-order valence-electron chi connectivity index (χ2n) is 4.17. The smallest absolute Gasteiger partial charge is 0.000995 e. The predicted molar refractivity (Wildman–Crippen MR) is 62.5 cm³/mol. The highest BCUT2D eigenvalue weighted by Gasteiger charge is 2.16. The van der Waals surface area contributed by atoms with Crippen LogP contribution in [0.2, 0.25) is 0 Å². The summed E-state index contributed by atoms with van der Waals surface area (Å²) in [6.45, 7) is 6.30. The monoisotopic (exact) mass is 201 g/mol. The first kappa shape index (κ1) is 11.4. The van der Waals surface area contributed by atoms with Gasteiger partial charge in [0, 0.05) is 6.54 Å². The highest BCUT2D eigenvalue weighted by molar-refractivity contribution is 7.80. The zero-order valence-electron chi connectivity index (χ0n) is 8.84. The summed E-state index contributed by atoms with van der Waals surface area (Å²) in [6, 6.07) is 0. The Bertz CT molecular complexity index is 115. The topological polar surface area (TPSA) is 3.24 Å². The Labute approximate surface area is 88.3 Å². The zero-order chi connectivity index (χ0) is 9.52. The summed E-state index contributed by atoms with van der Waals surface area (Å²) < 4.78 is 0. The Morgan fingerprint density at radius 1 is 1.23 bits per heavy atom. The summed E-state index contributed by atoms with van der Waals surface area (Å²) in [4.78, 5) is 2.63. The minimum absolute atomic E-state index is 0.903. The molecule has 0 spiro atoms. The molecule has 1 unspecified atom stereocenters. The standard InChI is InChI=1S/C11H23NS/c1-2-5-11(6-9-13)10-12-7-3-4-8-12/h11,13H,2-10H2,1H3. The van der Waals surface area contributed by atoms with E-state index in [0.29, 0.717) is 0 Å². The molecular formula is C11H23NS. The summed E-state index contributed by atoms with van der Waals surface area (Å²) in [6.07, 6.45) is 6.84. The SMILES string of the molecule is CCCC(CCS)CN1CCCC1. The Morgan fingerprint density at radius 2 is 1.92 bits per heavy atom. The maximum Gasteiger partial charge on any atom is 0.000995 e. The highest BCUT2D eigenvalue weighted by atomic mass is 32.1. The van der Waals surface area contributed by atoms with Gasteiger partial charge in [0.15, 0.2) is 0 Å². The van der Waals surface area contributed by atoms with Crippen molar-refractivity contribution in [3.05, 3.63) is 0 Å². The van der Waals surface area contributed by atoms with Gasteiger partial charge in [0.1, 0.15) is 0 Å². The van der Waals surface area contributed by atoms with Crippen molar-refractivity contribution in [2.24, 2.45) is 5.92 Å². The lowest BCUT2D eigenvalue weighted by Crippen LogP contribution is -2.26. The van der Waals surface area contributed by atoms with Crippen LogP contribution >= 0.6 is 12.6 Å². The van der Waals surface area contributed by atoms with E-state index in [2.05, 4.69) is 24.5 Å². The lowest BCUT2D eigenvalue weighted by Gasteiger charge is -2.22. The van der Waals surface area contributed by atoms with Gasteiger partial charge in [-0.15, -0.1) is 0 Å². The zero-order valence-corrected chi connectivity index (χ0v) is 9.73. The van der Waals surface area contributed by atoms with Crippen LogP contribution in [0.3, 0.4) is 0 Å². The Balaban J connectivity index is 2.19. The summed E-state index contributed by atoms with van der Waals surface area (Å²) in [7, 11) is 0. The molecular weight excluding hydrogens is 178 g/mol. The van der Waals surface area contributed by atoms with E-state index in [-0.39, 0.29) is 0 Å². The molecule has 1 fully saturated rings. The van der Waals surface area contributed by atoms with Crippen LogP contribution < -0.4 is 0 Å². The molecule has 1 aliphatic heterocycles. The van der Waals surface area contributed by atoms with Crippen LogP contribution in [0, 0.1) is 5.92 Å². The average Bonchev–Trinajstić information content (AvgIpc) is 2.58. The van der Waals surface area contributed by atoms with Crippen LogP contribution in [0.15, 0.2) is 0 Å². The van der Waals surface area contributed by atoms with Crippen LogP contribution in [0.1, 0.15) is 39.0 Å². The molecule has 1 aliphatic rings. The minimum atomic E-state index is 0.903. The third-order valence-electron chi connectivity index (χ3n) is 2.95. The van der Waals surface area contributed by atoms with E-state index in [1.807, 2.05) is 0 Å². The molecule has 2 heteroatoms. The van der Waals surface area contributed by atoms with Crippen molar-refractivity contribution < 1.29 is 0 Å². The maximum absolute atomic E-state index is 4.33. The molecule has 1 atom stereocenters. The van der Waals surface area contributed by atoms with E-state index >= 15 is 0 Å². The molecule has 0 amide bonds. The van der Waals surface area contributed by atoms with E-state index in [1.165, 1.54) is 51.7 Å². The molecule has 0 N–H and O–H groups in total. The average molecular weight is 201 g/mol. The molecule has 0 aromatic rings. The van der Waals surface area contributed by atoms with Gasteiger partial charge in [0.25, 0.3) is 0 Å². The molecule has 78 valence electrons. The van der Waals surface area contributed by atoms with Crippen molar-refractivity contribution in [3.63, 3.8) is 0 Å². The molecule has 0 aromatic heterocycles. The van der Waals surface area contributed by atoms with Gasteiger partial charge in [-0.1, -0.05) is 13.3 Å². The van der Waals surface area contributed by atoms with Crippen molar-refractivity contribution in [2.45, 2.75) is 39.0 Å². The molecule has 0 saturated carbocycles. The number of nitrogens with zero attached hydrogens (tertiary/aromatic N) is 1. The molecule has 0 bridgehead atoms. The number of hydrogen-bond acceptors (Lipinski definition) is 2. The van der Waals surface area contributed by atoms with Crippen LogP contribution in [-0.2, 0) is 0 Å². The first-order chi connectivity index (χ1) is 6.36. The molecule has 1 heterocycles. The van der Waals surface area contributed by atoms with Crippen molar-refractivity contribution in [2.75, 3.05) is 25.4 Å². The summed E-state index contributed by atoms with van der Waals surface area (Å²) in [5.74, 6) is 1.96. The normalized spacial score (nSPS) is 20.8. The molecule has 0 aliphatic carbocycles. The van der Waals surface area contributed by atoms with Gasteiger partial charge in [-0.3, -0.25) is 0 Å². The molecule has 1 nitrogen and oxygen atoms in total. The minimum Gasteiger partial charge on any atom is -0.303 e. The fourth-order valence-electron chi connectivity index (χ4n) is 2.25. The summed E-state index contributed by atoms with van der Waals surface area (Å²) >= 11 is 4.33. The summed E-state index contributed by atoms with van der Waals surface area (Å²) in [5.41, 5.74) is 0. The number of rotatable bonds is 6. The largest absolute Gasteiger partial charge is 0.303 e. The van der Waals surface area contributed by atoms with Gasteiger partial charge in [-0.2, -0.15) is 12.6 Å². The summed E-state index contributed by atoms with van der Waals surface area (Å²) in [5, 5.41) is 0. The van der Waals surface area contributed by atoms with E-state index < -0.39 is 0 Å². The highest BCUT2D eigenvalue weighted by Crippen LogP contribution is 2.17. The van der Waals surface area contributed by atoms with Crippen molar-refractivity contribution in [3.8, 4) is 0 Å². The molecule has 0 aromatic carbocycles. The number of hydrogen-bond donors (Lipinski definition) is 1. The van der Waals surface area contributed by atoms with E-state index in [4.69, 9.17) is 0 Å². The van der Waals surface area contributed by atoms with Gasteiger partial charge >= 0.3 is 0 Å². The second-order valence-corrected chi connectivity index (χ2v) is 4.62. The third-order valence-corrected chi connectivity index (χ3v) is 3.21. The predicted octanol–water partition coefficient (Wildman–Crippen LogP) is 2.82. The van der Waals surface area contributed by atoms with Gasteiger partial charge in [0.2, 0.25) is 0 Å². The van der Waals surface area contributed by atoms with Gasteiger partial charge < -0.3 is 4.90 Å². The van der Waals surface area contributed by atoms with Gasteiger partial charge in [-0.05, 0) is 50.4 Å². The lowest BCUT2D eigenvalue weighted by atomic mass is 10.0. The van der Waals surface area contributed by atoms with Crippen molar-refractivity contribution in [1.29, 1.82) is 0 Å². The van der Waals surface area contributed by atoms with Gasteiger partial charge in [-0.25, -0.2) is 0 Å². The molecule has 1 rings (SSSR count). The van der Waals surface area contributed by atoms with Crippen LogP contribution in [0.25, 0.3) is 0 Å². The molecule has 13 heavy (non-hydrogen) atoms. The molecule has 1 saturated heterocycles. The first-order valence-electron chi connectivity index (χ1n) is 5.70. The first-order valence-corrected chi connectivity index (χ1v) is 6.33. The fraction of sp³-hybridized carbons (Fsp3) is 1.00. The third kappa shape index (κ3) is 4.37. The van der Waals surface area contributed by atoms with Crippen LogP contribution in [-0.4, -0.2) is 30.3 Å². The van der Waals surface area contributed by atoms with Crippen molar-refractivity contribution >= 4 is 12.6 Å². The van der Waals surface area contributed by atoms with Crippen LogP contribution in [0.4, 0.5) is 0 Å². The quantitative estimate of drug-likeness (QED) is 0.647. The van der Waals surface area contributed by atoms with E-state index in [9.17, 15) is 0 Å². The van der Waals surface area contributed by atoms with Crippen LogP contribution in [0.5, 0.6) is 0 Å². The Hall–Kier alpha value is 0.310. The second kappa shape index (κ2) is 6.72. The number of thiol groups is 1. The fourth-order valence-corrected chi connectivity index (χ4v) is 2.61. The molecule has 0 radical (unpaired) electrons.